The van der Waals surface area contributed by atoms with E-state index in [9.17, 15) is 0 Å². The van der Waals surface area contributed by atoms with Crippen LogP contribution >= 0.6 is 7.86 Å². The molecule has 1 atom stereocenters. The first-order valence-electron chi connectivity index (χ1n) is 4.82. The Morgan fingerprint density at radius 3 is 2.00 bits per heavy atom. The summed E-state index contributed by atoms with van der Waals surface area (Å²) in [5, 5.41) is 7.76. The number of rotatable bonds is 1. The van der Waals surface area contributed by atoms with Crippen LogP contribution in [-0.4, -0.2) is 20.1 Å². The van der Waals surface area contributed by atoms with Gasteiger partial charge in [0, 0.05) is 5.17 Å². The third kappa shape index (κ3) is 6.05. The molecule has 0 spiro atoms. The molecule has 0 fully saturated rings. The lowest BCUT2D eigenvalue weighted by Crippen LogP contribution is -2.01. The standard InChI is InChI=1S/C7H8N3PS.C3H3N3/c8-7(12)10-11(9)6-4-2-1-3-5-6;1-4-2-6-3-5-1/h1-5H,(H3-,8,9,10,12);1-3H. The number of nitrogens with two attached hydrogens (primary N) is 1. The van der Waals surface area contributed by atoms with E-state index in [1.54, 1.807) is 0 Å². The van der Waals surface area contributed by atoms with E-state index in [4.69, 9.17) is 10.9 Å². The van der Waals surface area contributed by atoms with Crippen LogP contribution in [0.3, 0.4) is 0 Å². The lowest BCUT2D eigenvalue weighted by Gasteiger charge is -1.92. The zero-order chi connectivity index (χ0) is 13.2. The number of hydrogen-bond acceptors (Lipinski definition) is 5. The van der Waals surface area contributed by atoms with Crippen LogP contribution in [0.4, 0.5) is 0 Å². The molecule has 8 heteroatoms. The molecule has 0 radical (unpaired) electrons. The summed E-state index contributed by atoms with van der Waals surface area (Å²) in [4.78, 5) is 10.7. The van der Waals surface area contributed by atoms with E-state index in [1.165, 1.54) is 19.0 Å². The van der Waals surface area contributed by atoms with Crippen molar-refractivity contribution in [1.29, 1.82) is 5.41 Å². The molecule has 1 aromatic carbocycles. The Hall–Kier alpha value is -1.82. The average molecular weight is 278 g/mol. The summed E-state index contributed by atoms with van der Waals surface area (Å²) in [5.74, 6) is 0. The van der Waals surface area contributed by atoms with Crippen LogP contribution in [0.5, 0.6) is 0 Å². The van der Waals surface area contributed by atoms with Gasteiger partial charge in [0.2, 0.25) is 0 Å². The molecule has 0 bridgehead atoms. The highest BCUT2D eigenvalue weighted by molar-refractivity contribution is 7.78. The van der Waals surface area contributed by atoms with E-state index in [2.05, 4.69) is 32.3 Å². The lowest BCUT2D eigenvalue weighted by atomic mass is 10.4. The number of hydrogen-bond donors (Lipinski definition) is 2. The number of aromatic nitrogens is 3. The molecule has 1 unspecified atom stereocenters. The van der Waals surface area contributed by atoms with Crippen molar-refractivity contribution in [3.8, 4) is 0 Å². The molecular formula is C10H11N6PS. The second kappa shape index (κ2) is 8.30. The monoisotopic (exact) mass is 278 g/mol. The van der Waals surface area contributed by atoms with Crippen LogP contribution in [0.25, 0.3) is 0 Å². The molecule has 2 aromatic rings. The zero-order valence-corrected chi connectivity index (χ0v) is 11.1. The lowest BCUT2D eigenvalue weighted by molar-refractivity contribution is 1.05. The van der Waals surface area contributed by atoms with Gasteiger partial charge in [0.1, 0.15) is 19.0 Å². The Kier molecular flexibility index (Phi) is 6.56. The van der Waals surface area contributed by atoms with Gasteiger partial charge in [-0.25, -0.2) is 15.0 Å². The third-order valence-electron chi connectivity index (χ3n) is 1.62. The first-order valence-corrected chi connectivity index (χ1v) is 6.59. The quantitative estimate of drug-likeness (QED) is 0.353. The molecular weight excluding hydrogens is 267 g/mol. The molecule has 92 valence electrons. The Morgan fingerprint density at radius 2 is 1.61 bits per heavy atom. The number of amidine groups is 1. The van der Waals surface area contributed by atoms with Crippen molar-refractivity contribution in [3.63, 3.8) is 0 Å². The minimum Gasteiger partial charge on any atom is -0.737 e. The summed E-state index contributed by atoms with van der Waals surface area (Å²) >= 11 is 4.51. The second-order valence-corrected chi connectivity index (χ2v) is 4.67. The maximum Gasteiger partial charge on any atom is 0.334 e. The van der Waals surface area contributed by atoms with E-state index in [-0.39, 0.29) is 5.17 Å². The van der Waals surface area contributed by atoms with Crippen LogP contribution in [0, 0.1) is 5.41 Å². The highest BCUT2D eigenvalue weighted by atomic mass is 32.1. The predicted octanol–water partition coefficient (Wildman–Crippen LogP) is 1.20. The maximum atomic E-state index is 6.96. The van der Waals surface area contributed by atoms with Gasteiger partial charge in [-0.1, -0.05) is 22.9 Å². The topological polar surface area (TPSA) is 101 Å². The smallest absolute Gasteiger partial charge is 0.334 e. The van der Waals surface area contributed by atoms with Crippen molar-refractivity contribution < 1.29 is 0 Å². The largest absolute Gasteiger partial charge is 0.737 e. The fourth-order valence-electron chi connectivity index (χ4n) is 0.941. The van der Waals surface area contributed by atoms with E-state index in [0.717, 1.165) is 5.30 Å². The second-order valence-electron chi connectivity index (χ2n) is 2.88. The van der Waals surface area contributed by atoms with Gasteiger partial charge < -0.3 is 18.0 Å². The van der Waals surface area contributed by atoms with Crippen molar-refractivity contribution in [3.05, 3.63) is 49.3 Å². The van der Waals surface area contributed by atoms with Gasteiger partial charge in [-0.05, 0) is 12.1 Å². The van der Waals surface area contributed by atoms with Gasteiger partial charge in [-0.3, -0.25) is 0 Å². The molecule has 0 aliphatic rings. The van der Waals surface area contributed by atoms with E-state index < -0.39 is 7.86 Å². The summed E-state index contributed by atoms with van der Waals surface area (Å²) in [5.41, 5.74) is 5.69. The highest BCUT2D eigenvalue weighted by Gasteiger charge is 2.08. The maximum absolute atomic E-state index is 6.96. The Balaban J connectivity index is 0.000000225. The van der Waals surface area contributed by atoms with Crippen LogP contribution in [0.1, 0.15) is 0 Å². The summed E-state index contributed by atoms with van der Waals surface area (Å²) < 4.78 is 3.79. The average Bonchev–Trinajstić information content (AvgIpc) is 2.42. The van der Waals surface area contributed by atoms with Gasteiger partial charge in [-0.2, -0.15) is 0 Å². The first kappa shape index (κ1) is 14.2. The van der Waals surface area contributed by atoms with E-state index >= 15 is 0 Å². The molecule has 18 heavy (non-hydrogen) atoms. The Morgan fingerprint density at radius 1 is 1.11 bits per heavy atom. The predicted molar refractivity (Wildman–Crippen MR) is 74.5 cm³/mol. The van der Waals surface area contributed by atoms with Gasteiger partial charge in [0.05, 0.1) is 0 Å². The molecule has 0 aliphatic heterocycles. The third-order valence-corrected chi connectivity index (χ3v) is 3.09. The van der Waals surface area contributed by atoms with Crippen LogP contribution in [0.15, 0.2) is 54.1 Å². The van der Waals surface area contributed by atoms with E-state index in [0.29, 0.717) is 0 Å². The molecule has 0 amide bonds. The molecule has 0 saturated heterocycles. The number of nitrogens with zero attached hydrogens (tertiary/aromatic N) is 4. The first-order chi connectivity index (χ1) is 8.70. The fraction of sp³-hybridized carbons (Fsp3) is 0. The Labute approximate surface area is 111 Å². The molecule has 0 saturated carbocycles. The van der Waals surface area contributed by atoms with Crippen molar-refractivity contribution in [2.75, 3.05) is 0 Å². The summed E-state index contributed by atoms with van der Waals surface area (Å²) in [7, 11) is -1.12. The van der Waals surface area contributed by atoms with Crippen molar-refractivity contribution in [2.45, 2.75) is 0 Å². The van der Waals surface area contributed by atoms with Crippen LogP contribution in [0.2, 0.25) is 0 Å². The molecule has 0 aliphatic carbocycles. The minimum atomic E-state index is -1.12. The van der Waals surface area contributed by atoms with Crippen molar-refractivity contribution in [1.82, 2.24) is 15.0 Å². The SMILES string of the molecule is N=C([S-])N=[P+](N)c1ccccc1.c1ncncn1. The van der Waals surface area contributed by atoms with Crippen molar-refractivity contribution >= 4 is 31.0 Å². The van der Waals surface area contributed by atoms with Gasteiger partial charge in [-0.15, -0.1) is 5.50 Å². The molecule has 2 rings (SSSR count). The molecule has 3 N–H and O–H groups in total. The van der Waals surface area contributed by atoms with Gasteiger partial charge in [0.25, 0.3) is 0 Å². The van der Waals surface area contributed by atoms with Crippen LogP contribution < -0.4 is 10.8 Å². The molecule has 6 nitrogen and oxygen atoms in total. The van der Waals surface area contributed by atoms with Crippen molar-refractivity contribution in [2.24, 2.45) is 10.2 Å². The fourth-order valence-corrected chi connectivity index (χ4v) is 1.99. The van der Waals surface area contributed by atoms with E-state index in [1.807, 2.05) is 30.3 Å². The normalized spacial score (nSPS) is 10.2. The van der Waals surface area contributed by atoms with Gasteiger partial charge >= 0.3 is 7.86 Å². The summed E-state index contributed by atoms with van der Waals surface area (Å²) in [6.45, 7) is 0. The molecule has 1 aromatic heterocycles. The minimum absolute atomic E-state index is 0.132. The summed E-state index contributed by atoms with van der Waals surface area (Å²) in [6.07, 6.45) is 4.31. The molecule has 1 heterocycles. The zero-order valence-electron chi connectivity index (χ0n) is 9.34. The van der Waals surface area contributed by atoms with Gasteiger partial charge in [0.15, 0.2) is 5.30 Å². The number of benzene rings is 1. The summed E-state index contributed by atoms with van der Waals surface area (Å²) in [6, 6.07) is 9.45. The number of nitrogens with one attached hydrogen (secondary N) is 1. The van der Waals surface area contributed by atoms with Crippen LogP contribution in [-0.2, 0) is 12.6 Å². The Bertz CT molecular complexity index is 478. The highest BCUT2D eigenvalue weighted by Crippen LogP contribution is 2.13.